The van der Waals surface area contributed by atoms with E-state index in [0.717, 1.165) is 43.9 Å². The number of benzene rings is 1. The Morgan fingerprint density at radius 1 is 1.19 bits per heavy atom. The van der Waals surface area contributed by atoms with E-state index < -0.39 is 0 Å². The molecule has 0 aliphatic heterocycles. The molecule has 120 valence electrons. The van der Waals surface area contributed by atoms with Gasteiger partial charge in [-0.25, -0.2) is 0 Å². The van der Waals surface area contributed by atoms with Gasteiger partial charge in [-0.2, -0.15) is 0 Å². The maximum absolute atomic E-state index is 9.35. The van der Waals surface area contributed by atoms with Crippen LogP contribution >= 0.6 is 11.6 Å². The van der Waals surface area contributed by atoms with Crippen LogP contribution in [-0.4, -0.2) is 42.8 Å². The second-order valence-corrected chi connectivity index (χ2v) is 6.22. The number of hydrogen-bond acceptors (Lipinski definition) is 3. The molecule has 1 rings (SSSR count). The number of nitrogens with zero attached hydrogens (tertiary/aromatic N) is 1. The number of aliphatic hydroxyl groups excluding tert-OH is 1. The van der Waals surface area contributed by atoms with Gasteiger partial charge in [0.05, 0.1) is 6.10 Å². The van der Waals surface area contributed by atoms with Crippen molar-refractivity contribution in [1.29, 1.82) is 0 Å². The summed E-state index contributed by atoms with van der Waals surface area (Å²) in [6, 6.07) is 8.47. The molecule has 0 heterocycles. The number of hydrogen-bond donors (Lipinski definition) is 2. The highest BCUT2D eigenvalue weighted by molar-refractivity contribution is 6.30. The van der Waals surface area contributed by atoms with Gasteiger partial charge in [0.1, 0.15) is 0 Å². The number of rotatable bonds is 10. The minimum atomic E-state index is -0.224. The van der Waals surface area contributed by atoms with Crippen molar-refractivity contribution in [1.82, 2.24) is 10.2 Å². The summed E-state index contributed by atoms with van der Waals surface area (Å²) in [7, 11) is 2.11. The van der Waals surface area contributed by atoms with Crippen molar-refractivity contribution in [2.24, 2.45) is 0 Å². The van der Waals surface area contributed by atoms with Crippen molar-refractivity contribution < 1.29 is 5.11 Å². The predicted octanol–water partition coefficient (Wildman–Crippen LogP) is 3.47. The fourth-order valence-corrected chi connectivity index (χ4v) is 2.39. The Hall–Kier alpha value is -0.610. The summed E-state index contributed by atoms with van der Waals surface area (Å²) in [6.45, 7) is 6.98. The summed E-state index contributed by atoms with van der Waals surface area (Å²) < 4.78 is 0. The third-order valence-electron chi connectivity index (χ3n) is 3.64. The molecule has 0 radical (unpaired) electrons. The van der Waals surface area contributed by atoms with Gasteiger partial charge in [0.15, 0.2) is 0 Å². The summed E-state index contributed by atoms with van der Waals surface area (Å²) in [6.07, 6.45) is 2.78. The molecule has 2 N–H and O–H groups in total. The summed E-state index contributed by atoms with van der Waals surface area (Å²) in [5.41, 5.74) is 1.29. The summed E-state index contributed by atoms with van der Waals surface area (Å²) in [4.78, 5) is 2.28. The molecule has 0 saturated heterocycles. The first-order valence-corrected chi connectivity index (χ1v) is 8.26. The molecule has 0 aliphatic rings. The van der Waals surface area contributed by atoms with E-state index in [0.29, 0.717) is 6.04 Å². The van der Waals surface area contributed by atoms with Crippen LogP contribution in [0, 0.1) is 0 Å². The molecule has 0 fully saturated rings. The minimum Gasteiger partial charge on any atom is -0.393 e. The smallest absolute Gasteiger partial charge is 0.0524 e. The van der Waals surface area contributed by atoms with E-state index in [2.05, 4.69) is 36.3 Å². The standard InChI is InChI=1S/C17H29ClN2O/c1-4-11-19-17(15-5-7-16(18)8-6-15)10-13-20(3)12-9-14(2)21/h5-8,14,17,19,21H,4,9-13H2,1-3H3. The largest absolute Gasteiger partial charge is 0.393 e. The molecule has 2 unspecified atom stereocenters. The van der Waals surface area contributed by atoms with E-state index in [1.165, 1.54) is 5.56 Å². The van der Waals surface area contributed by atoms with Crippen LogP contribution in [0.2, 0.25) is 5.02 Å². The van der Waals surface area contributed by atoms with E-state index in [1.54, 1.807) is 0 Å². The summed E-state index contributed by atoms with van der Waals surface area (Å²) in [5, 5.41) is 13.7. The molecule has 21 heavy (non-hydrogen) atoms. The van der Waals surface area contributed by atoms with E-state index >= 15 is 0 Å². The van der Waals surface area contributed by atoms with Gasteiger partial charge in [0.2, 0.25) is 0 Å². The molecule has 1 aromatic carbocycles. The molecule has 3 nitrogen and oxygen atoms in total. The normalized spacial score (nSPS) is 14.4. The summed E-state index contributed by atoms with van der Waals surface area (Å²) in [5.74, 6) is 0. The van der Waals surface area contributed by atoms with Crippen LogP contribution in [-0.2, 0) is 0 Å². The van der Waals surface area contributed by atoms with Crippen molar-refractivity contribution in [3.05, 3.63) is 34.9 Å². The second kappa shape index (κ2) is 10.2. The number of halogens is 1. The van der Waals surface area contributed by atoms with Crippen molar-refractivity contribution in [2.45, 2.75) is 45.3 Å². The molecule has 0 amide bonds. The van der Waals surface area contributed by atoms with Gasteiger partial charge >= 0.3 is 0 Å². The van der Waals surface area contributed by atoms with E-state index in [4.69, 9.17) is 11.6 Å². The molecule has 1 aromatic rings. The Kier molecular flexibility index (Phi) is 8.93. The van der Waals surface area contributed by atoms with Crippen molar-refractivity contribution >= 4 is 11.6 Å². The van der Waals surface area contributed by atoms with Crippen molar-refractivity contribution in [3.63, 3.8) is 0 Å². The zero-order valence-electron chi connectivity index (χ0n) is 13.5. The Labute approximate surface area is 134 Å². The highest BCUT2D eigenvalue weighted by Crippen LogP contribution is 2.19. The van der Waals surface area contributed by atoms with Gasteiger partial charge in [0.25, 0.3) is 0 Å². The lowest BCUT2D eigenvalue weighted by molar-refractivity contribution is 0.163. The third-order valence-corrected chi connectivity index (χ3v) is 3.89. The maximum atomic E-state index is 9.35. The topological polar surface area (TPSA) is 35.5 Å². The van der Waals surface area contributed by atoms with Gasteiger partial charge in [0, 0.05) is 17.6 Å². The van der Waals surface area contributed by atoms with Crippen molar-refractivity contribution in [3.8, 4) is 0 Å². The van der Waals surface area contributed by atoms with Crippen LogP contribution < -0.4 is 5.32 Å². The first kappa shape index (κ1) is 18.4. The summed E-state index contributed by atoms with van der Waals surface area (Å²) >= 11 is 5.97. The van der Waals surface area contributed by atoms with Gasteiger partial charge in [-0.05, 0) is 64.0 Å². The zero-order valence-corrected chi connectivity index (χ0v) is 14.2. The van der Waals surface area contributed by atoms with Crippen LogP contribution in [0.5, 0.6) is 0 Å². The molecular weight excluding hydrogens is 284 g/mol. The highest BCUT2D eigenvalue weighted by atomic mass is 35.5. The second-order valence-electron chi connectivity index (χ2n) is 5.79. The first-order valence-electron chi connectivity index (χ1n) is 7.88. The molecule has 0 spiro atoms. The molecule has 0 bridgehead atoms. The first-order chi connectivity index (χ1) is 10.0. The molecule has 0 aliphatic carbocycles. The zero-order chi connectivity index (χ0) is 15.7. The fourth-order valence-electron chi connectivity index (χ4n) is 2.27. The van der Waals surface area contributed by atoms with Crippen molar-refractivity contribution in [2.75, 3.05) is 26.7 Å². The maximum Gasteiger partial charge on any atom is 0.0524 e. The monoisotopic (exact) mass is 312 g/mol. The quantitative estimate of drug-likeness (QED) is 0.694. The minimum absolute atomic E-state index is 0.224. The number of aliphatic hydroxyl groups is 1. The molecule has 0 aromatic heterocycles. The average molecular weight is 313 g/mol. The van der Waals surface area contributed by atoms with Crippen LogP contribution in [0.1, 0.15) is 44.7 Å². The van der Waals surface area contributed by atoms with Crippen LogP contribution in [0.3, 0.4) is 0 Å². The Morgan fingerprint density at radius 3 is 2.38 bits per heavy atom. The van der Waals surface area contributed by atoms with Gasteiger partial charge in [-0.15, -0.1) is 0 Å². The lowest BCUT2D eigenvalue weighted by Gasteiger charge is -2.23. The molecule has 2 atom stereocenters. The SMILES string of the molecule is CCCNC(CCN(C)CCC(C)O)c1ccc(Cl)cc1. The Balaban J connectivity index is 2.51. The van der Waals surface area contributed by atoms with Gasteiger partial charge in [-0.3, -0.25) is 0 Å². The molecular formula is C17H29ClN2O. The Morgan fingerprint density at radius 2 is 1.81 bits per heavy atom. The van der Waals surface area contributed by atoms with E-state index in [9.17, 15) is 5.11 Å². The third kappa shape index (κ3) is 7.82. The lowest BCUT2D eigenvalue weighted by Crippen LogP contribution is -2.29. The molecule has 0 saturated carbocycles. The highest BCUT2D eigenvalue weighted by Gasteiger charge is 2.12. The Bertz CT molecular complexity index is 381. The van der Waals surface area contributed by atoms with Crippen LogP contribution in [0.4, 0.5) is 0 Å². The molecule has 4 heteroatoms. The average Bonchev–Trinajstić information content (AvgIpc) is 2.46. The predicted molar refractivity (Wildman–Crippen MR) is 90.9 cm³/mol. The van der Waals surface area contributed by atoms with Gasteiger partial charge in [-0.1, -0.05) is 30.7 Å². The van der Waals surface area contributed by atoms with Crippen LogP contribution in [0.15, 0.2) is 24.3 Å². The van der Waals surface area contributed by atoms with Gasteiger partial charge < -0.3 is 15.3 Å². The number of nitrogens with one attached hydrogen (secondary N) is 1. The van der Waals surface area contributed by atoms with E-state index in [1.807, 2.05) is 19.1 Å². The van der Waals surface area contributed by atoms with Crippen LogP contribution in [0.25, 0.3) is 0 Å². The lowest BCUT2D eigenvalue weighted by atomic mass is 10.0. The van der Waals surface area contributed by atoms with E-state index in [-0.39, 0.29) is 6.10 Å². The fraction of sp³-hybridized carbons (Fsp3) is 0.647.